The standard InChI is InChI=1S/C19H35N5O2.HI/c1-2-20-18(22-10-9-21-17(25)16-5-6-16)23-15-19(7-13-26-14-8-19)24-11-3-4-12-24;/h16H,2-15H2,1H3,(H,21,25)(H2,20,22,23);1H. The Morgan fingerprint density at radius 3 is 2.41 bits per heavy atom. The van der Waals surface area contributed by atoms with Crippen molar-refractivity contribution in [1.82, 2.24) is 20.9 Å². The van der Waals surface area contributed by atoms with Crippen molar-refractivity contribution in [3.05, 3.63) is 0 Å². The van der Waals surface area contributed by atoms with Gasteiger partial charge in [0.1, 0.15) is 0 Å². The number of carbonyl (C=O) groups is 1. The van der Waals surface area contributed by atoms with Crippen LogP contribution in [-0.4, -0.2) is 74.8 Å². The highest BCUT2D eigenvalue weighted by atomic mass is 127. The Hall–Kier alpha value is -0.610. The van der Waals surface area contributed by atoms with Crippen LogP contribution >= 0.6 is 24.0 Å². The molecule has 0 unspecified atom stereocenters. The Balaban J connectivity index is 0.00000261. The van der Waals surface area contributed by atoms with Crippen LogP contribution in [0.25, 0.3) is 0 Å². The molecule has 1 aliphatic carbocycles. The second-order valence-corrected chi connectivity index (χ2v) is 7.72. The van der Waals surface area contributed by atoms with E-state index in [0.717, 1.165) is 57.9 Å². The molecule has 3 N–H and O–H groups in total. The van der Waals surface area contributed by atoms with Crippen LogP contribution in [0.3, 0.4) is 0 Å². The van der Waals surface area contributed by atoms with Gasteiger partial charge in [0.25, 0.3) is 0 Å². The number of hydrogen-bond donors (Lipinski definition) is 3. The van der Waals surface area contributed by atoms with Crippen LogP contribution in [0.2, 0.25) is 0 Å². The third-order valence-corrected chi connectivity index (χ3v) is 5.74. The smallest absolute Gasteiger partial charge is 0.223 e. The van der Waals surface area contributed by atoms with Crippen molar-refractivity contribution in [3.8, 4) is 0 Å². The van der Waals surface area contributed by atoms with E-state index in [9.17, 15) is 4.79 Å². The zero-order valence-electron chi connectivity index (χ0n) is 16.6. The zero-order chi connectivity index (χ0) is 18.2. The highest BCUT2D eigenvalue weighted by Crippen LogP contribution is 2.31. The van der Waals surface area contributed by atoms with E-state index in [1.165, 1.54) is 25.9 Å². The van der Waals surface area contributed by atoms with Crippen LogP contribution in [0, 0.1) is 5.92 Å². The summed E-state index contributed by atoms with van der Waals surface area (Å²) in [6.45, 7) is 9.11. The van der Waals surface area contributed by atoms with E-state index >= 15 is 0 Å². The lowest BCUT2D eigenvalue weighted by molar-refractivity contribution is -0.122. The van der Waals surface area contributed by atoms with Crippen LogP contribution in [0.5, 0.6) is 0 Å². The maximum absolute atomic E-state index is 11.7. The fourth-order valence-electron chi connectivity index (χ4n) is 3.94. The van der Waals surface area contributed by atoms with Crippen molar-refractivity contribution in [2.24, 2.45) is 10.9 Å². The fraction of sp³-hybridized carbons (Fsp3) is 0.895. The van der Waals surface area contributed by atoms with Crippen molar-refractivity contribution < 1.29 is 9.53 Å². The molecule has 2 saturated heterocycles. The Labute approximate surface area is 180 Å². The molecule has 1 amide bonds. The minimum Gasteiger partial charge on any atom is -0.381 e. The van der Waals surface area contributed by atoms with Gasteiger partial charge in [0.05, 0.1) is 6.54 Å². The van der Waals surface area contributed by atoms with E-state index in [4.69, 9.17) is 9.73 Å². The van der Waals surface area contributed by atoms with Gasteiger partial charge in [0.15, 0.2) is 5.96 Å². The van der Waals surface area contributed by atoms with Crippen molar-refractivity contribution in [1.29, 1.82) is 0 Å². The van der Waals surface area contributed by atoms with Crippen LogP contribution in [0.4, 0.5) is 0 Å². The molecular weight excluding hydrogens is 457 g/mol. The van der Waals surface area contributed by atoms with Gasteiger partial charge in [-0.25, -0.2) is 0 Å². The third kappa shape index (κ3) is 6.74. The van der Waals surface area contributed by atoms with Crippen LogP contribution in [0.15, 0.2) is 4.99 Å². The Bertz CT molecular complexity index is 486. The van der Waals surface area contributed by atoms with Gasteiger partial charge >= 0.3 is 0 Å². The molecule has 0 spiro atoms. The number of amides is 1. The predicted octanol–water partition coefficient (Wildman–Crippen LogP) is 1.33. The molecule has 7 nitrogen and oxygen atoms in total. The summed E-state index contributed by atoms with van der Waals surface area (Å²) in [7, 11) is 0. The molecule has 2 heterocycles. The average Bonchev–Trinajstić information content (AvgIpc) is 3.37. The Morgan fingerprint density at radius 1 is 1.11 bits per heavy atom. The molecule has 0 aromatic carbocycles. The van der Waals surface area contributed by atoms with Gasteiger partial charge in [-0.05, 0) is 58.5 Å². The average molecular weight is 493 g/mol. The first-order valence-electron chi connectivity index (χ1n) is 10.4. The minimum absolute atomic E-state index is 0. The normalized spacial score (nSPS) is 22.8. The number of carbonyl (C=O) groups excluding carboxylic acids is 1. The summed E-state index contributed by atoms with van der Waals surface area (Å²) in [5.74, 6) is 1.31. The fourth-order valence-corrected chi connectivity index (χ4v) is 3.94. The van der Waals surface area contributed by atoms with Crippen molar-refractivity contribution in [2.75, 3.05) is 52.5 Å². The van der Waals surface area contributed by atoms with Crippen molar-refractivity contribution in [3.63, 3.8) is 0 Å². The summed E-state index contributed by atoms with van der Waals surface area (Å²) < 4.78 is 5.62. The monoisotopic (exact) mass is 493 g/mol. The SMILES string of the molecule is CCNC(=NCC1(N2CCCC2)CCOCC1)NCCNC(=O)C1CC1.I. The minimum atomic E-state index is 0. The summed E-state index contributed by atoms with van der Waals surface area (Å²) >= 11 is 0. The molecule has 2 aliphatic heterocycles. The van der Waals surface area contributed by atoms with E-state index in [0.29, 0.717) is 13.1 Å². The van der Waals surface area contributed by atoms with E-state index in [2.05, 4.69) is 27.8 Å². The summed E-state index contributed by atoms with van der Waals surface area (Å²) in [6, 6.07) is 0. The van der Waals surface area contributed by atoms with E-state index < -0.39 is 0 Å². The molecule has 27 heavy (non-hydrogen) atoms. The number of aliphatic imine (C=N–C) groups is 1. The van der Waals surface area contributed by atoms with Crippen LogP contribution in [0.1, 0.15) is 45.4 Å². The lowest BCUT2D eigenvalue weighted by Gasteiger charge is -2.43. The van der Waals surface area contributed by atoms with Gasteiger partial charge in [0.2, 0.25) is 5.91 Å². The summed E-state index contributed by atoms with van der Waals surface area (Å²) in [5.41, 5.74) is 0.150. The summed E-state index contributed by atoms with van der Waals surface area (Å²) in [5, 5.41) is 9.68. The molecule has 3 aliphatic rings. The van der Waals surface area contributed by atoms with Gasteiger partial charge in [-0.15, -0.1) is 24.0 Å². The van der Waals surface area contributed by atoms with Crippen molar-refractivity contribution in [2.45, 2.75) is 51.0 Å². The molecule has 156 valence electrons. The topological polar surface area (TPSA) is 78.0 Å². The molecule has 0 atom stereocenters. The Kier molecular flexibility index (Phi) is 9.58. The van der Waals surface area contributed by atoms with Gasteiger partial charge in [0, 0.05) is 44.3 Å². The molecule has 0 aromatic rings. The highest BCUT2D eigenvalue weighted by molar-refractivity contribution is 14.0. The lowest BCUT2D eigenvalue weighted by atomic mass is 9.88. The third-order valence-electron chi connectivity index (χ3n) is 5.74. The van der Waals surface area contributed by atoms with E-state index in [1.54, 1.807) is 0 Å². The number of ether oxygens (including phenoxy) is 1. The zero-order valence-corrected chi connectivity index (χ0v) is 18.9. The molecular formula is C19H36IN5O2. The first-order chi connectivity index (χ1) is 12.7. The molecule has 8 heteroatoms. The molecule has 0 bridgehead atoms. The molecule has 3 fully saturated rings. The van der Waals surface area contributed by atoms with Crippen molar-refractivity contribution >= 4 is 35.8 Å². The van der Waals surface area contributed by atoms with Crippen LogP contribution in [-0.2, 0) is 9.53 Å². The number of halogens is 1. The lowest BCUT2D eigenvalue weighted by Crippen LogP contribution is -2.54. The Morgan fingerprint density at radius 2 is 1.78 bits per heavy atom. The number of nitrogens with one attached hydrogen (secondary N) is 3. The number of likely N-dealkylation sites (tertiary alicyclic amines) is 1. The first-order valence-corrected chi connectivity index (χ1v) is 10.4. The quantitative estimate of drug-likeness (QED) is 0.206. The molecule has 1 saturated carbocycles. The first kappa shape index (κ1) is 22.7. The largest absolute Gasteiger partial charge is 0.381 e. The second kappa shape index (κ2) is 11.4. The molecule has 3 rings (SSSR count). The van der Waals surface area contributed by atoms with Gasteiger partial charge < -0.3 is 20.7 Å². The highest BCUT2D eigenvalue weighted by Gasteiger charge is 2.39. The summed E-state index contributed by atoms with van der Waals surface area (Å²) in [6.07, 6.45) is 6.81. The maximum atomic E-state index is 11.7. The predicted molar refractivity (Wildman–Crippen MR) is 119 cm³/mol. The number of guanidine groups is 1. The molecule has 0 aromatic heterocycles. The van der Waals surface area contributed by atoms with E-state index in [-0.39, 0.29) is 41.3 Å². The number of nitrogens with zero attached hydrogens (tertiary/aromatic N) is 2. The number of rotatable bonds is 8. The second-order valence-electron chi connectivity index (χ2n) is 7.72. The van der Waals surface area contributed by atoms with Gasteiger partial charge in [-0.1, -0.05) is 0 Å². The van der Waals surface area contributed by atoms with Gasteiger partial charge in [-0.2, -0.15) is 0 Å². The number of hydrogen-bond acceptors (Lipinski definition) is 4. The van der Waals surface area contributed by atoms with Gasteiger partial charge in [-0.3, -0.25) is 14.7 Å². The summed E-state index contributed by atoms with van der Waals surface area (Å²) in [4.78, 5) is 19.2. The van der Waals surface area contributed by atoms with Crippen LogP contribution < -0.4 is 16.0 Å². The van der Waals surface area contributed by atoms with E-state index in [1.807, 2.05) is 0 Å². The molecule has 0 radical (unpaired) electrons. The maximum Gasteiger partial charge on any atom is 0.223 e.